The predicted octanol–water partition coefficient (Wildman–Crippen LogP) is 5.94. The number of allylic oxidation sites excluding steroid dienone is 2. The molecule has 6 N–H and O–H groups in total. The summed E-state index contributed by atoms with van der Waals surface area (Å²) in [4.78, 5) is 35.4. The summed E-state index contributed by atoms with van der Waals surface area (Å²) in [7, 11) is -5.10. The molecule has 0 bridgehead atoms. The Morgan fingerprint density at radius 3 is 1.53 bits per heavy atom. The lowest BCUT2D eigenvalue weighted by atomic mass is 9.85. The van der Waals surface area contributed by atoms with Gasteiger partial charge in [-0.1, -0.05) is 116 Å². The Balaban J connectivity index is 2.55. The number of phosphoric acid groups is 1. The Labute approximate surface area is 305 Å². The average Bonchev–Trinajstić information content (AvgIpc) is 3.10. The molecule has 0 aromatic heterocycles. The predicted molar refractivity (Wildman–Crippen MR) is 194 cm³/mol. The Morgan fingerprint density at radius 2 is 1.00 bits per heavy atom. The van der Waals surface area contributed by atoms with Crippen LogP contribution in [0.5, 0.6) is 0 Å². The summed E-state index contributed by atoms with van der Waals surface area (Å²) in [5, 5.41) is 49.9. The van der Waals surface area contributed by atoms with Crippen molar-refractivity contribution in [2.75, 3.05) is 13.2 Å². The molecule has 51 heavy (non-hydrogen) atoms. The number of aliphatic hydroxyl groups excluding tert-OH is 5. The highest BCUT2D eigenvalue weighted by Gasteiger charge is 2.51. The van der Waals surface area contributed by atoms with Crippen LogP contribution in [0.2, 0.25) is 0 Å². The van der Waals surface area contributed by atoms with Crippen LogP contribution in [-0.2, 0) is 32.7 Å². The van der Waals surface area contributed by atoms with E-state index in [-0.39, 0.29) is 12.8 Å². The molecule has 0 spiro atoms. The van der Waals surface area contributed by atoms with E-state index >= 15 is 0 Å². The summed E-state index contributed by atoms with van der Waals surface area (Å²) in [5.74, 6) is -1.11. The third-order valence-corrected chi connectivity index (χ3v) is 10.1. The normalized spacial score (nSPS) is 24.0. The van der Waals surface area contributed by atoms with Crippen molar-refractivity contribution in [1.82, 2.24) is 0 Å². The van der Waals surface area contributed by atoms with E-state index in [2.05, 4.69) is 26.0 Å². The number of phosphoric ester groups is 1. The fourth-order valence-corrected chi connectivity index (χ4v) is 6.84. The number of carbonyl (C=O) groups is 2. The van der Waals surface area contributed by atoms with E-state index < -0.39 is 75.7 Å². The highest BCUT2D eigenvalue weighted by molar-refractivity contribution is 7.47. The summed E-state index contributed by atoms with van der Waals surface area (Å²) >= 11 is 0. The number of esters is 2. The van der Waals surface area contributed by atoms with Crippen molar-refractivity contribution in [2.45, 2.75) is 198 Å². The van der Waals surface area contributed by atoms with Crippen molar-refractivity contribution in [3.8, 4) is 0 Å². The van der Waals surface area contributed by atoms with Crippen LogP contribution in [0.3, 0.4) is 0 Å². The molecule has 1 saturated carbocycles. The monoisotopic (exact) mass is 752 g/mol. The molecule has 0 aromatic rings. The minimum absolute atomic E-state index is 0.0987. The first-order chi connectivity index (χ1) is 24.4. The van der Waals surface area contributed by atoms with Crippen molar-refractivity contribution in [2.24, 2.45) is 0 Å². The van der Waals surface area contributed by atoms with Gasteiger partial charge in [0.25, 0.3) is 0 Å². The first-order valence-corrected chi connectivity index (χ1v) is 21.0. The Bertz CT molecular complexity index is 964. The van der Waals surface area contributed by atoms with E-state index in [0.717, 1.165) is 64.2 Å². The number of hydrogen-bond donors (Lipinski definition) is 6. The Hall–Kier alpha value is -1.41. The van der Waals surface area contributed by atoms with Crippen LogP contribution in [0.25, 0.3) is 0 Å². The molecule has 0 aromatic carbocycles. The van der Waals surface area contributed by atoms with E-state index in [1.807, 2.05) is 0 Å². The van der Waals surface area contributed by atoms with E-state index in [9.17, 15) is 44.6 Å². The van der Waals surface area contributed by atoms with E-state index in [4.69, 9.17) is 18.5 Å². The van der Waals surface area contributed by atoms with Gasteiger partial charge in [-0.2, -0.15) is 0 Å². The topological polar surface area (TPSA) is 210 Å². The second-order valence-electron chi connectivity index (χ2n) is 13.8. The zero-order valence-electron chi connectivity index (χ0n) is 31.2. The van der Waals surface area contributed by atoms with Crippen LogP contribution in [-0.4, -0.2) is 98.3 Å². The third kappa shape index (κ3) is 22.4. The lowest BCUT2D eigenvalue weighted by Gasteiger charge is -2.41. The molecule has 6 unspecified atom stereocenters. The number of hydrogen-bond acceptors (Lipinski definition) is 12. The van der Waals surface area contributed by atoms with Crippen molar-refractivity contribution >= 4 is 19.8 Å². The summed E-state index contributed by atoms with van der Waals surface area (Å²) < 4.78 is 33.3. The van der Waals surface area contributed by atoms with E-state index in [1.165, 1.54) is 51.4 Å². The standard InChI is InChI=1S/C37H69O13P/c1-3-5-7-9-11-13-15-16-18-19-21-23-25-30(38)47-27-29(49-31(39)26-24-22-20-17-14-12-10-8-6-4-2)28-48-51(45,46)50-37-35(43)33(41)32(40)34(42)36(37)44/h11,13,29,32-37,40-44H,3-10,12,14-28H2,1-2H3,(H,45,46)/b13-11-/t29-,32?,33-,34?,35?,36?,37?/m1/s1. The number of ether oxygens (including phenoxy) is 2. The maximum Gasteiger partial charge on any atom is 0.472 e. The van der Waals surface area contributed by atoms with Crippen LogP contribution in [0.15, 0.2) is 12.2 Å². The molecule has 1 aliphatic carbocycles. The van der Waals surface area contributed by atoms with Gasteiger partial charge in [0, 0.05) is 12.8 Å². The summed E-state index contributed by atoms with van der Waals surface area (Å²) in [5.41, 5.74) is 0. The highest BCUT2D eigenvalue weighted by atomic mass is 31.2. The number of unbranched alkanes of at least 4 members (excludes halogenated alkanes) is 17. The third-order valence-electron chi connectivity index (χ3n) is 9.11. The fourth-order valence-electron chi connectivity index (χ4n) is 5.87. The number of carbonyl (C=O) groups excluding carboxylic acids is 2. The molecule has 1 aliphatic rings. The highest BCUT2D eigenvalue weighted by Crippen LogP contribution is 2.47. The lowest BCUT2D eigenvalue weighted by Crippen LogP contribution is -2.64. The average molecular weight is 753 g/mol. The van der Waals surface area contributed by atoms with Gasteiger partial charge in [-0.05, 0) is 38.5 Å². The van der Waals surface area contributed by atoms with Gasteiger partial charge in [-0.25, -0.2) is 4.57 Å². The molecular weight excluding hydrogens is 683 g/mol. The quantitative estimate of drug-likeness (QED) is 0.0210. The molecule has 0 amide bonds. The van der Waals surface area contributed by atoms with Gasteiger partial charge in [-0.3, -0.25) is 18.6 Å². The van der Waals surface area contributed by atoms with Gasteiger partial charge in [0.1, 0.15) is 43.2 Å². The maximum absolute atomic E-state index is 12.7. The summed E-state index contributed by atoms with van der Waals surface area (Å²) in [6.45, 7) is 3.21. The Kier molecular flexibility index (Phi) is 27.1. The molecule has 1 fully saturated rings. The molecule has 13 nitrogen and oxygen atoms in total. The zero-order valence-corrected chi connectivity index (χ0v) is 32.0. The van der Waals surface area contributed by atoms with Gasteiger partial charge >= 0.3 is 19.8 Å². The van der Waals surface area contributed by atoms with Gasteiger partial charge < -0.3 is 39.9 Å². The molecule has 0 saturated heterocycles. The van der Waals surface area contributed by atoms with Crippen molar-refractivity contribution in [1.29, 1.82) is 0 Å². The van der Waals surface area contributed by atoms with Crippen molar-refractivity contribution in [3.63, 3.8) is 0 Å². The van der Waals surface area contributed by atoms with E-state index in [0.29, 0.717) is 12.8 Å². The number of rotatable bonds is 31. The van der Waals surface area contributed by atoms with Crippen LogP contribution in [0.1, 0.15) is 155 Å². The molecule has 0 radical (unpaired) electrons. The maximum atomic E-state index is 12.7. The van der Waals surface area contributed by atoms with E-state index in [1.54, 1.807) is 0 Å². The van der Waals surface area contributed by atoms with Crippen LogP contribution < -0.4 is 0 Å². The number of aliphatic hydroxyl groups is 5. The van der Waals surface area contributed by atoms with Gasteiger partial charge in [0.05, 0.1) is 6.61 Å². The molecule has 0 heterocycles. The molecule has 1 rings (SSSR count). The summed E-state index contributed by atoms with van der Waals surface area (Å²) in [6, 6.07) is 0. The SMILES string of the molecule is CCCCC/C=C\CCCCCCCC(=O)OC[C@H](COP(=O)(O)OC1C(O)C(O)C(O)[C@@H](O)C1O)OC(=O)CCCCCCCCCCCC. The second kappa shape index (κ2) is 29.0. The van der Waals surface area contributed by atoms with Crippen LogP contribution in [0.4, 0.5) is 0 Å². The van der Waals surface area contributed by atoms with Gasteiger partial charge in [0.2, 0.25) is 0 Å². The second-order valence-corrected chi connectivity index (χ2v) is 15.2. The first kappa shape index (κ1) is 47.6. The molecule has 0 aliphatic heterocycles. The minimum Gasteiger partial charge on any atom is -0.462 e. The van der Waals surface area contributed by atoms with Crippen LogP contribution >= 0.6 is 7.82 Å². The fraction of sp³-hybridized carbons (Fsp3) is 0.892. The Morgan fingerprint density at radius 1 is 0.588 bits per heavy atom. The van der Waals surface area contributed by atoms with Gasteiger partial charge in [-0.15, -0.1) is 0 Å². The van der Waals surface area contributed by atoms with Crippen molar-refractivity contribution in [3.05, 3.63) is 12.2 Å². The lowest BCUT2D eigenvalue weighted by molar-refractivity contribution is -0.220. The molecule has 300 valence electrons. The van der Waals surface area contributed by atoms with Crippen LogP contribution in [0, 0.1) is 0 Å². The smallest absolute Gasteiger partial charge is 0.462 e. The molecule has 14 heteroatoms. The minimum atomic E-state index is -5.10. The largest absolute Gasteiger partial charge is 0.472 e. The van der Waals surface area contributed by atoms with Gasteiger partial charge in [0.15, 0.2) is 6.10 Å². The zero-order chi connectivity index (χ0) is 37.9. The molecule has 8 atom stereocenters. The summed E-state index contributed by atoms with van der Waals surface area (Å²) in [6.07, 6.45) is 13.0. The first-order valence-electron chi connectivity index (χ1n) is 19.5. The van der Waals surface area contributed by atoms with Crippen molar-refractivity contribution < 1.29 is 63.1 Å². The molecular formula is C37H69O13P.